The molecule has 124 valence electrons. The van der Waals surface area contributed by atoms with E-state index in [1.807, 2.05) is 0 Å². The van der Waals surface area contributed by atoms with Gasteiger partial charge in [0.05, 0.1) is 11.3 Å². The van der Waals surface area contributed by atoms with E-state index in [1.54, 1.807) is 4.72 Å². The molecule has 0 aliphatic heterocycles. The third-order valence-electron chi connectivity index (χ3n) is 2.71. The summed E-state index contributed by atoms with van der Waals surface area (Å²) in [5.41, 5.74) is -2.06. The van der Waals surface area contributed by atoms with Crippen molar-refractivity contribution in [2.45, 2.75) is 11.1 Å². The molecule has 2 aromatic rings. The molecule has 0 spiro atoms. The minimum atomic E-state index is -4.85. The zero-order chi connectivity index (χ0) is 17.4. The van der Waals surface area contributed by atoms with Crippen LogP contribution in [0, 0.1) is 5.82 Å². The minimum Gasteiger partial charge on any atom is -0.279 e. The molecule has 10 heteroatoms. The fourth-order valence-corrected chi connectivity index (χ4v) is 3.20. The van der Waals surface area contributed by atoms with Crippen molar-refractivity contribution < 1.29 is 26.0 Å². The fraction of sp³-hybridized carbons (Fsp3) is 0.0769. The van der Waals surface area contributed by atoms with Gasteiger partial charge < -0.3 is 0 Å². The summed E-state index contributed by atoms with van der Waals surface area (Å²) in [6.07, 6.45) is -4.85. The third kappa shape index (κ3) is 4.07. The van der Waals surface area contributed by atoms with Crippen molar-refractivity contribution >= 4 is 38.9 Å². The zero-order valence-corrected chi connectivity index (χ0v) is 13.3. The normalized spacial score (nSPS) is 12.3. The molecule has 2 rings (SSSR count). The Morgan fingerprint density at radius 3 is 2.09 bits per heavy atom. The van der Waals surface area contributed by atoms with Crippen LogP contribution in [0.3, 0.4) is 0 Å². The predicted molar refractivity (Wildman–Crippen MR) is 78.7 cm³/mol. The lowest BCUT2D eigenvalue weighted by molar-refractivity contribution is -0.136. The number of halogens is 6. The molecular weight excluding hydrogens is 381 g/mol. The maximum Gasteiger partial charge on any atom is 0.418 e. The van der Waals surface area contributed by atoms with Crippen molar-refractivity contribution in [2.24, 2.45) is 0 Å². The summed E-state index contributed by atoms with van der Waals surface area (Å²) in [7, 11) is -4.58. The van der Waals surface area contributed by atoms with Crippen LogP contribution in [0.25, 0.3) is 0 Å². The van der Waals surface area contributed by atoms with Gasteiger partial charge in [0.1, 0.15) is 10.7 Å². The van der Waals surface area contributed by atoms with Crippen molar-refractivity contribution in [3.63, 3.8) is 0 Å². The van der Waals surface area contributed by atoms with Crippen molar-refractivity contribution in [1.82, 2.24) is 0 Å². The Morgan fingerprint density at radius 1 is 0.957 bits per heavy atom. The molecule has 3 nitrogen and oxygen atoms in total. The molecule has 0 saturated heterocycles. The molecule has 0 radical (unpaired) electrons. The summed E-state index contributed by atoms with van der Waals surface area (Å²) in [6.45, 7) is 0. The molecule has 0 heterocycles. The monoisotopic (exact) mass is 387 g/mol. The van der Waals surface area contributed by atoms with Crippen LogP contribution < -0.4 is 4.72 Å². The van der Waals surface area contributed by atoms with E-state index in [0.29, 0.717) is 6.07 Å². The molecule has 0 aromatic heterocycles. The number of hydrogen-bond donors (Lipinski definition) is 1. The van der Waals surface area contributed by atoms with Crippen molar-refractivity contribution in [1.29, 1.82) is 0 Å². The highest BCUT2D eigenvalue weighted by Crippen LogP contribution is 2.37. The molecule has 0 unspecified atom stereocenters. The van der Waals surface area contributed by atoms with Gasteiger partial charge >= 0.3 is 6.18 Å². The molecular formula is C13H7Cl2F4NO2S. The van der Waals surface area contributed by atoms with Gasteiger partial charge in [0.15, 0.2) is 0 Å². The Bertz CT molecular complexity index is 854. The molecule has 0 aliphatic rings. The van der Waals surface area contributed by atoms with Gasteiger partial charge in [0.2, 0.25) is 0 Å². The van der Waals surface area contributed by atoms with Crippen molar-refractivity contribution in [3.05, 3.63) is 57.8 Å². The second-order valence-corrected chi connectivity index (χ2v) is 6.89. The van der Waals surface area contributed by atoms with Crippen LogP contribution in [0.1, 0.15) is 5.56 Å². The predicted octanol–water partition coefficient (Wildman–Crippen LogP) is 4.95. The van der Waals surface area contributed by atoms with Gasteiger partial charge in [-0.3, -0.25) is 4.72 Å². The Morgan fingerprint density at radius 2 is 1.52 bits per heavy atom. The van der Waals surface area contributed by atoms with E-state index >= 15 is 0 Å². The molecule has 0 amide bonds. The summed E-state index contributed by atoms with van der Waals surface area (Å²) < 4.78 is 78.5. The molecule has 0 atom stereocenters. The molecule has 2 aromatic carbocycles. The fourth-order valence-electron chi connectivity index (χ4n) is 1.73. The number of rotatable bonds is 3. The number of anilines is 1. The SMILES string of the molecule is O=S(=O)(Nc1ccc(Cl)cc1C(F)(F)F)c1ccc(Cl)cc1F. The topological polar surface area (TPSA) is 46.2 Å². The van der Waals surface area contributed by atoms with E-state index in [0.717, 1.165) is 30.3 Å². The number of alkyl halides is 3. The molecule has 0 fully saturated rings. The van der Waals surface area contributed by atoms with Crippen molar-refractivity contribution in [2.75, 3.05) is 4.72 Å². The van der Waals surface area contributed by atoms with Gasteiger partial charge in [-0.1, -0.05) is 23.2 Å². The second kappa shape index (κ2) is 6.18. The highest BCUT2D eigenvalue weighted by molar-refractivity contribution is 7.92. The van der Waals surface area contributed by atoms with Gasteiger partial charge in [-0.2, -0.15) is 13.2 Å². The van der Waals surface area contributed by atoms with Crippen LogP contribution in [0.2, 0.25) is 10.0 Å². The Labute approximate surface area is 138 Å². The smallest absolute Gasteiger partial charge is 0.279 e. The third-order valence-corrected chi connectivity index (χ3v) is 4.58. The van der Waals surface area contributed by atoms with Crippen LogP contribution in [0.15, 0.2) is 41.3 Å². The first-order valence-electron chi connectivity index (χ1n) is 5.85. The number of sulfonamides is 1. The van der Waals surface area contributed by atoms with Gasteiger partial charge in [-0.25, -0.2) is 12.8 Å². The van der Waals surface area contributed by atoms with Crippen LogP contribution >= 0.6 is 23.2 Å². The van der Waals surface area contributed by atoms with E-state index in [2.05, 4.69) is 0 Å². The van der Waals surface area contributed by atoms with Crippen molar-refractivity contribution in [3.8, 4) is 0 Å². The highest BCUT2D eigenvalue weighted by Gasteiger charge is 2.35. The van der Waals surface area contributed by atoms with Gasteiger partial charge in [-0.15, -0.1) is 0 Å². The first-order chi connectivity index (χ1) is 10.5. The summed E-state index contributed by atoms with van der Waals surface area (Å²) in [5.74, 6) is -1.19. The van der Waals surface area contributed by atoms with E-state index in [9.17, 15) is 26.0 Å². The summed E-state index contributed by atoms with van der Waals surface area (Å²) >= 11 is 11.0. The van der Waals surface area contributed by atoms with Crippen LogP contribution in [0.5, 0.6) is 0 Å². The van der Waals surface area contributed by atoms with Gasteiger partial charge in [0, 0.05) is 10.0 Å². The Kier molecular flexibility index (Phi) is 4.79. The lowest BCUT2D eigenvalue weighted by Crippen LogP contribution is -2.18. The summed E-state index contributed by atoms with van der Waals surface area (Å²) in [4.78, 5) is -0.829. The van der Waals surface area contributed by atoms with E-state index in [4.69, 9.17) is 23.2 Å². The molecule has 0 bridgehead atoms. The quantitative estimate of drug-likeness (QED) is 0.757. The number of hydrogen-bond acceptors (Lipinski definition) is 2. The lowest BCUT2D eigenvalue weighted by Gasteiger charge is -2.15. The largest absolute Gasteiger partial charge is 0.418 e. The van der Waals surface area contributed by atoms with E-state index < -0.39 is 38.2 Å². The zero-order valence-electron chi connectivity index (χ0n) is 11.0. The van der Waals surface area contributed by atoms with Crippen LogP contribution in [-0.2, 0) is 16.2 Å². The summed E-state index contributed by atoms with van der Waals surface area (Å²) in [5, 5.41) is -0.276. The average Bonchev–Trinajstić information content (AvgIpc) is 2.39. The average molecular weight is 388 g/mol. The molecule has 1 N–H and O–H groups in total. The molecule has 23 heavy (non-hydrogen) atoms. The first kappa shape index (κ1) is 17.8. The number of nitrogens with one attached hydrogen (secondary N) is 1. The minimum absolute atomic E-state index is 0.0519. The second-order valence-electron chi connectivity index (χ2n) is 4.37. The lowest BCUT2D eigenvalue weighted by atomic mass is 10.2. The Hall–Kier alpha value is -1.51. The van der Waals surface area contributed by atoms with Crippen LogP contribution in [0.4, 0.5) is 23.2 Å². The molecule has 0 saturated carbocycles. The maximum absolute atomic E-state index is 13.7. The maximum atomic E-state index is 13.7. The van der Waals surface area contributed by atoms with Crippen LogP contribution in [-0.4, -0.2) is 8.42 Å². The number of benzene rings is 2. The molecule has 0 aliphatic carbocycles. The van der Waals surface area contributed by atoms with E-state index in [-0.39, 0.29) is 10.0 Å². The Balaban J connectivity index is 2.50. The standard InChI is InChI=1S/C13H7Cl2F4NO2S/c14-7-1-3-11(9(5-7)13(17,18)19)20-23(21,22)12-4-2-8(15)6-10(12)16/h1-6,20H. The van der Waals surface area contributed by atoms with Gasteiger partial charge in [-0.05, 0) is 36.4 Å². The van der Waals surface area contributed by atoms with Gasteiger partial charge in [0.25, 0.3) is 10.0 Å². The first-order valence-corrected chi connectivity index (χ1v) is 8.09. The summed E-state index contributed by atoms with van der Waals surface area (Å²) in [6, 6.07) is 5.18. The van der Waals surface area contributed by atoms with E-state index in [1.165, 1.54) is 0 Å². The highest BCUT2D eigenvalue weighted by atomic mass is 35.5.